The van der Waals surface area contributed by atoms with Gasteiger partial charge in [0.2, 0.25) is 0 Å². The Morgan fingerprint density at radius 3 is 2.52 bits per heavy atom. The summed E-state index contributed by atoms with van der Waals surface area (Å²) >= 11 is 1.36. The van der Waals surface area contributed by atoms with Crippen LogP contribution < -0.4 is 0 Å². The number of thioether (sulfide) groups is 1. The van der Waals surface area contributed by atoms with Crippen LogP contribution >= 0.6 is 11.8 Å². The summed E-state index contributed by atoms with van der Waals surface area (Å²) in [5.41, 5.74) is 5.71. The number of fused-ring (bicyclic) bond motifs is 1. The molecule has 1 heterocycles. The summed E-state index contributed by atoms with van der Waals surface area (Å²) in [6.07, 6.45) is 0. The average molecular weight is 325 g/mol. The van der Waals surface area contributed by atoms with Gasteiger partial charge in [0.1, 0.15) is 5.52 Å². The smallest absolute Gasteiger partial charge is 0.257 e. The highest BCUT2D eigenvalue weighted by Gasteiger charge is 2.21. The molecule has 2 aromatic carbocycles. The van der Waals surface area contributed by atoms with Crippen LogP contribution in [-0.2, 0) is 0 Å². The Balaban J connectivity index is 1.83. The molecule has 0 saturated heterocycles. The SMILES string of the molecule is Cc1cc(C)c(C(=O)C(C)Sc2nc3ccccc3o2)cc1C. The Morgan fingerprint density at radius 1 is 1.09 bits per heavy atom. The zero-order chi connectivity index (χ0) is 16.6. The number of nitrogens with zero attached hydrogens (tertiary/aromatic N) is 1. The van der Waals surface area contributed by atoms with Gasteiger partial charge in [0.15, 0.2) is 11.4 Å². The molecule has 0 saturated carbocycles. The molecule has 23 heavy (non-hydrogen) atoms. The highest BCUT2D eigenvalue weighted by atomic mass is 32.2. The van der Waals surface area contributed by atoms with Gasteiger partial charge in [-0.2, -0.15) is 0 Å². The van der Waals surface area contributed by atoms with Gasteiger partial charge in [-0.15, -0.1) is 0 Å². The molecule has 0 aliphatic rings. The second kappa shape index (κ2) is 6.20. The number of carbonyl (C=O) groups excluding carboxylic acids is 1. The third-order valence-corrected chi connectivity index (χ3v) is 4.97. The molecule has 3 nitrogen and oxygen atoms in total. The minimum atomic E-state index is -0.246. The van der Waals surface area contributed by atoms with Gasteiger partial charge in [-0.3, -0.25) is 4.79 Å². The van der Waals surface area contributed by atoms with Gasteiger partial charge < -0.3 is 4.42 Å². The van der Waals surface area contributed by atoms with Crippen LogP contribution in [0.2, 0.25) is 0 Å². The summed E-state index contributed by atoms with van der Waals surface area (Å²) in [5, 5.41) is 0.289. The molecule has 0 N–H and O–H groups in total. The lowest BCUT2D eigenvalue weighted by Crippen LogP contribution is -2.15. The Hall–Kier alpha value is -2.07. The third kappa shape index (κ3) is 3.17. The van der Waals surface area contributed by atoms with E-state index in [-0.39, 0.29) is 11.0 Å². The van der Waals surface area contributed by atoms with E-state index in [9.17, 15) is 4.79 Å². The topological polar surface area (TPSA) is 43.1 Å². The number of carbonyl (C=O) groups is 1. The van der Waals surface area contributed by atoms with Crippen molar-refractivity contribution >= 4 is 28.6 Å². The van der Waals surface area contributed by atoms with Crippen molar-refractivity contribution in [1.82, 2.24) is 4.98 Å². The van der Waals surface area contributed by atoms with Crippen molar-refractivity contribution in [3.05, 3.63) is 58.7 Å². The second-order valence-corrected chi connectivity index (χ2v) is 7.12. The van der Waals surface area contributed by atoms with E-state index < -0.39 is 0 Å². The number of aryl methyl sites for hydroxylation is 3. The molecule has 1 atom stereocenters. The lowest BCUT2D eigenvalue weighted by atomic mass is 9.97. The molecule has 0 spiro atoms. The monoisotopic (exact) mass is 325 g/mol. The van der Waals surface area contributed by atoms with E-state index in [4.69, 9.17) is 4.42 Å². The van der Waals surface area contributed by atoms with E-state index >= 15 is 0 Å². The summed E-state index contributed by atoms with van der Waals surface area (Å²) < 4.78 is 5.70. The maximum Gasteiger partial charge on any atom is 0.257 e. The highest BCUT2D eigenvalue weighted by Crippen LogP contribution is 2.29. The molecule has 1 aromatic heterocycles. The summed E-state index contributed by atoms with van der Waals surface area (Å²) in [5.74, 6) is 0.109. The molecule has 118 valence electrons. The minimum Gasteiger partial charge on any atom is -0.431 e. The van der Waals surface area contributed by atoms with E-state index in [0.29, 0.717) is 5.22 Å². The fraction of sp³-hybridized carbons (Fsp3) is 0.263. The number of oxazole rings is 1. The van der Waals surface area contributed by atoms with Gasteiger partial charge in [-0.25, -0.2) is 4.98 Å². The fourth-order valence-electron chi connectivity index (χ4n) is 2.55. The summed E-state index contributed by atoms with van der Waals surface area (Å²) in [6, 6.07) is 11.7. The molecule has 1 unspecified atom stereocenters. The lowest BCUT2D eigenvalue weighted by molar-refractivity contribution is 0.0993. The molecule has 0 bridgehead atoms. The minimum absolute atomic E-state index is 0.109. The van der Waals surface area contributed by atoms with E-state index in [1.807, 2.05) is 51.1 Å². The largest absolute Gasteiger partial charge is 0.431 e. The molecule has 0 fully saturated rings. The Labute approximate surface area is 140 Å². The normalized spacial score (nSPS) is 12.5. The van der Waals surface area contributed by atoms with Gasteiger partial charge >= 0.3 is 0 Å². The first-order valence-corrected chi connectivity index (χ1v) is 8.48. The molecule has 0 aliphatic carbocycles. The van der Waals surface area contributed by atoms with Crippen LogP contribution in [0.25, 0.3) is 11.1 Å². The van der Waals surface area contributed by atoms with Crippen LogP contribution in [0.5, 0.6) is 0 Å². The van der Waals surface area contributed by atoms with Crippen molar-refractivity contribution in [3.8, 4) is 0 Å². The predicted octanol–water partition coefficient (Wildman–Crippen LogP) is 5.12. The zero-order valence-corrected chi connectivity index (χ0v) is 14.5. The number of ketones is 1. The number of hydrogen-bond acceptors (Lipinski definition) is 4. The van der Waals surface area contributed by atoms with Crippen LogP contribution in [0, 0.1) is 20.8 Å². The molecule has 0 amide bonds. The average Bonchev–Trinajstić information content (AvgIpc) is 2.92. The van der Waals surface area contributed by atoms with Crippen LogP contribution in [0.3, 0.4) is 0 Å². The van der Waals surface area contributed by atoms with Crippen molar-refractivity contribution in [3.63, 3.8) is 0 Å². The van der Waals surface area contributed by atoms with Gasteiger partial charge in [0.25, 0.3) is 5.22 Å². The number of rotatable bonds is 4. The molecule has 3 rings (SSSR count). The standard InChI is InChI=1S/C19H19NO2S/c1-11-9-13(3)15(10-12(11)2)18(21)14(4)23-19-20-16-7-5-6-8-17(16)22-19/h5-10,14H,1-4H3. The van der Waals surface area contributed by atoms with Gasteiger partial charge in [-0.05, 0) is 62.6 Å². The van der Waals surface area contributed by atoms with E-state index in [1.54, 1.807) is 0 Å². The van der Waals surface area contributed by atoms with E-state index in [0.717, 1.165) is 27.8 Å². The maximum atomic E-state index is 12.8. The molecular formula is C19H19NO2S. The summed E-state index contributed by atoms with van der Waals surface area (Å²) in [6.45, 7) is 7.98. The van der Waals surface area contributed by atoms with Crippen molar-refractivity contribution < 1.29 is 9.21 Å². The second-order valence-electron chi connectivity index (χ2n) is 5.82. The first-order valence-electron chi connectivity index (χ1n) is 7.60. The number of aromatic nitrogens is 1. The lowest BCUT2D eigenvalue weighted by Gasteiger charge is -2.12. The third-order valence-electron chi connectivity index (χ3n) is 4.03. The summed E-state index contributed by atoms with van der Waals surface area (Å²) in [7, 11) is 0. The maximum absolute atomic E-state index is 12.8. The van der Waals surface area contributed by atoms with Crippen molar-refractivity contribution in [2.24, 2.45) is 0 Å². The van der Waals surface area contributed by atoms with Crippen molar-refractivity contribution in [2.75, 3.05) is 0 Å². The van der Waals surface area contributed by atoms with Crippen molar-refractivity contribution in [1.29, 1.82) is 0 Å². The zero-order valence-electron chi connectivity index (χ0n) is 13.7. The first-order chi connectivity index (χ1) is 11.0. The van der Waals surface area contributed by atoms with Crippen LogP contribution in [0.1, 0.15) is 34.0 Å². The van der Waals surface area contributed by atoms with Gasteiger partial charge in [-0.1, -0.05) is 30.0 Å². The molecule has 0 aliphatic heterocycles. The van der Waals surface area contributed by atoms with Crippen LogP contribution in [-0.4, -0.2) is 16.0 Å². The number of Topliss-reactive ketones (excluding diaryl/α,β-unsaturated/α-hetero) is 1. The predicted molar refractivity (Wildman–Crippen MR) is 94.3 cm³/mol. The number of hydrogen-bond donors (Lipinski definition) is 0. The molecule has 3 aromatic rings. The van der Waals surface area contributed by atoms with Gasteiger partial charge in [0, 0.05) is 5.56 Å². The summed E-state index contributed by atoms with van der Waals surface area (Å²) in [4.78, 5) is 17.2. The quantitative estimate of drug-likeness (QED) is 0.493. The van der Waals surface area contributed by atoms with Gasteiger partial charge in [0.05, 0.1) is 5.25 Å². The van der Waals surface area contributed by atoms with Crippen LogP contribution in [0.15, 0.2) is 46.0 Å². The Kier molecular flexibility index (Phi) is 4.26. The number of benzene rings is 2. The first kappa shape index (κ1) is 15.8. The molecular weight excluding hydrogens is 306 g/mol. The Bertz CT molecular complexity index is 849. The van der Waals surface area contributed by atoms with E-state index in [1.165, 1.54) is 17.3 Å². The van der Waals surface area contributed by atoms with Crippen molar-refractivity contribution in [2.45, 2.75) is 38.2 Å². The highest BCUT2D eigenvalue weighted by molar-refractivity contribution is 8.00. The Morgan fingerprint density at radius 2 is 1.78 bits per heavy atom. The van der Waals surface area contributed by atoms with Crippen LogP contribution in [0.4, 0.5) is 0 Å². The fourth-order valence-corrected chi connectivity index (χ4v) is 3.38. The number of para-hydroxylation sites is 2. The van der Waals surface area contributed by atoms with E-state index in [2.05, 4.69) is 18.0 Å². The molecule has 4 heteroatoms. The molecule has 0 radical (unpaired) electrons.